The monoisotopic (exact) mass is 387 g/mol. The van der Waals surface area contributed by atoms with Crippen molar-refractivity contribution < 1.29 is 18.0 Å². The molecular weight excluding hydrogens is 371 g/mol. The van der Waals surface area contributed by atoms with Crippen LogP contribution in [0.25, 0.3) is 11.3 Å². The lowest BCUT2D eigenvalue weighted by Gasteiger charge is -2.16. The van der Waals surface area contributed by atoms with Crippen molar-refractivity contribution in [3.63, 3.8) is 0 Å². The van der Waals surface area contributed by atoms with Gasteiger partial charge in [-0.05, 0) is 18.6 Å². The molecule has 6 nitrogen and oxygen atoms in total. The Morgan fingerprint density at radius 3 is 2.57 bits per heavy atom. The normalized spacial score (nSPS) is 17.1. The molecule has 9 heteroatoms. The molecule has 144 valence electrons. The average Bonchev–Trinajstić information content (AvgIpc) is 3.37. The van der Waals surface area contributed by atoms with Crippen molar-refractivity contribution in [3.05, 3.63) is 66.1 Å². The van der Waals surface area contributed by atoms with E-state index in [-0.39, 0.29) is 17.5 Å². The van der Waals surface area contributed by atoms with E-state index >= 15 is 0 Å². The third kappa shape index (κ3) is 3.60. The van der Waals surface area contributed by atoms with Gasteiger partial charge in [-0.3, -0.25) is 9.78 Å². The molecule has 1 atom stereocenters. The van der Waals surface area contributed by atoms with E-state index in [1.54, 1.807) is 9.58 Å². The van der Waals surface area contributed by atoms with Gasteiger partial charge < -0.3 is 4.90 Å². The van der Waals surface area contributed by atoms with Gasteiger partial charge in [0, 0.05) is 24.8 Å². The van der Waals surface area contributed by atoms with Crippen molar-refractivity contribution in [2.45, 2.75) is 18.6 Å². The summed E-state index contributed by atoms with van der Waals surface area (Å²) in [5.74, 6) is -0.341. The van der Waals surface area contributed by atoms with Crippen molar-refractivity contribution in [1.82, 2.24) is 24.9 Å². The molecule has 1 saturated heterocycles. The molecule has 0 bridgehead atoms. The number of hydrogen-bond acceptors (Lipinski definition) is 4. The molecule has 1 aromatic carbocycles. The molecule has 4 rings (SSSR count). The molecule has 2 aromatic heterocycles. The van der Waals surface area contributed by atoms with Crippen LogP contribution in [0.15, 0.2) is 54.9 Å². The molecule has 0 N–H and O–H groups in total. The Kier molecular flexibility index (Phi) is 4.58. The minimum absolute atomic E-state index is 0.0312. The molecule has 0 unspecified atom stereocenters. The predicted molar refractivity (Wildman–Crippen MR) is 94.3 cm³/mol. The smallest absolute Gasteiger partial charge is 0.336 e. The number of amides is 1. The minimum atomic E-state index is -4.52. The Labute approximate surface area is 158 Å². The molecule has 1 aliphatic rings. The van der Waals surface area contributed by atoms with Crippen LogP contribution in [-0.4, -0.2) is 43.9 Å². The van der Waals surface area contributed by atoms with Crippen molar-refractivity contribution in [2.75, 3.05) is 13.1 Å². The Balaban J connectivity index is 1.44. The fourth-order valence-corrected chi connectivity index (χ4v) is 3.21. The third-order valence-electron chi connectivity index (χ3n) is 4.71. The summed E-state index contributed by atoms with van der Waals surface area (Å²) in [5.41, 5.74) is 0.824. The number of carbonyl (C=O) groups excluding carboxylic acids is 1. The van der Waals surface area contributed by atoms with Gasteiger partial charge >= 0.3 is 6.18 Å². The maximum absolute atomic E-state index is 12.6. The van der Waals surface area contributed by atoms with Crippen LogP contribution >= 0.6 is 0 Å². The van der Waals surface area contributed by atoms with Gasteiger partial charge in [-0.25, -0.2) is 4.68 Å². The first-order chi connectivity index (χ1) is 13.4. The molecule has 0 spiro atoms. The number of rotatable bonds is 3. The number of likely N-dealkylation sites (tertiary alicyclic amines) is 1. The van der Waals surface area contributed by atoms with E-state index in [1.807, 2.05) is 36.5 Å². The van der Waals surface area contributed by atoms with Crippen LogP contribution in [-0.2, 0) is 6.18 Å². The first-order valence-electron chi connectivity index (χ1n) is 8.71. The molecule has 1 aliphatic heterocycles. The second-order valence-corrected chi connectivity index (χ2v) is 6.57. The molecule has 3 aromatic rings. The summed E-state index contributed by atoms with van der Waals surface area (Å²) >= 11 is 0. The number of pyridine rings is 1. The fourth-order valence-electron chi connectivity index (χ4n) is 3.21. The van der Waals surface area contributed by atoms with Crippen LogP contribution in [0.4, 0.5) is 13.2 Å². The summed E-state index contributed by atoms with van der Waals surface area (Å²) in [6.07, 6.45) is -1.02. The summed E-state index contributed by atoms with van der Waals surface area (Å²) < 4.78 is 39.6. The maximum atomic E-state index is 12.6. The van der Waals surface area contributed by atoms with E-state index in [9.17, 15) is 18.0 Å². The molecule has 0 saturated carbocycles. The number of hydrogen-bond donors (Lipinski definition) is 0. The summed E-state index contributed by atoms with van der Waals surface area (Å²) in [6.45, 7) is 0.905. The summed E-state index contributed by atoms with van der Waals surface area (Å²) in [7, 11) is 0. The lowest BCUT2D eigenvalue weighted by Crippen LogP contribution is -2.29. The molecular formula is C19H16F3N5O. The van der Waals surface area contributed by atoms with E-state index in [2.05, 4.69) is 15.3 Å². The zero-order chi connectivity index (χ0) is 19.7. The number of alkyl halides is 3. The van der Waals surface area contributed by atoms with Crippen LogP contribution in [0.5, 0.6) is 0 Å². The molecule has 28 heavy (non-hydrogen) atoms. The first kappa shape index (κ1) is 18.1. The highest BCUT2D eigenvalue weighted by Gasteiger charge is 2.33. The van der Waals surface area contributed by atoms with Crippen molar-refractivity contribution in [3.8, 4) is 11.3 Å². The highest BCUT2D eigenvalue weighted by Crippen LogP contribution is 2.28. The van der Waals surface area contributed by atoms with Crippen molar-refractivity contribution in [1.29, 1.82) is 0 Å². The first-order valence-corrected chi connectivity index (χ1v) is 8.71. The highest BCUT2D eigenvalue weighted by atomic mass is 19.4. The predicted octanol–water partition coefficient (Wildman–Crippen LogP) is 3.45. The van der Waals surface area contributed by atoms with Crippen LogP contribution in [0.1, 0.15) is 28.5 Å². The third-order valence-corrected chi connectivity index (χ3v) is 4.71. The second-order valence-electron chi connectivity index (χ2n) is 6.57. The van der Waals surface area contributed by atoms with Gasteiger partial charge in [0.25, 0.3) is 5.91 Å². The van der Waals surface area contributed by atoms with Crippen molar-refractivity contribution >= 4 is 5.91 Å². The minimum Gasteiger partial charge on any atom is -0.336 e. The van der Waals surface area contributed by atoms with E-state index in [1.165, 1.54) is 0 Å². The Hall–Kier alpha value is -3.23. The number of benzene rings is 1. The molecule has 0 radical (unpaired) electrons. The fraction of sp³-hybridized carbons (Fsp3) is 0.263. The molecule has 1 fully saturated rings. The number of halogens is 3. The molecule has 1 amide bonds. The average molecular weight is 387 g/mol. The summed E-state index contributed by atoms with van der Waals surface area (Å²) in [6, 6.07) is 11.6. The largest absolute Gasteiger partial charge is 0.433 e. The SMILES string of the molecule is O=C(c1ccc(C(F)(F)F)nc1)N1CC[C@@H](n2cc(-c3ccccc3)nn2)C1. The van der Waals surface area contributed by atoms with E-state index in [0.29, 0.717) is 19.5 Å². The quantitative estimate of drug-likeness (QED) is 0.691. The van der Waals surface area contributed by atoms with E-state index in [0.717, 1.165) is 29.6 Å². The Morgan fingerprint density at radius 1 is 1.11 bits per heavy atom. The zero-order valence-corrected chi connectivity index (χ0v) is 14.7. The topological polar surface area (TPSA) is 63.9 Å². The second kappa shape index (κ2) is 7.06. The Morgan fingerprint density at radius 2 is 1.89 bits per heavy atom. The number of aromatic nitrogens is 4. The van der Waals surface area contributed by atoms with Gasteiger partial charge in [0.05, 0.1) is 17.8 Å². The summed E-state index contributed by atoms with van der Waals surface area (Å²) in [5, 5.41) is 8.36. The van der Waals surface area contributed by atoms with Crippen LogP contribution in [0.2, 0.25) is 0 Å². The molecule has 3 heterocycles. The summed E-state index contributed by atoms with van der Waals surface area (Å²) in [4.78, 5) is 17.5. The van der Waals surface area contributed by atoms with Gasteiger partial charge in [-0.15, -0.1) is 5.10 Å². The van der Waals surface area contributed by atoms with Gasteiger partial charge in [0.2, 0.25) is 0 Å². The standard InChI is InChI=1S/C19H16F3N5O/c20-19(21,22)17-7-6-14(10-23-17)18(28)26-9-8-15(11-26)27-12-16(24-25-27)13-4-2-1-3-5-13/h1-7,10,12,15H,8-9,11H2/t15-/m1/s1. The van der Waals surface area contributed by atoms with E-state index in [4.69, 9.17) is 0 Å². The van der Waals surface area contributed by atoms with Crippen LogP contribution in [0, 0.1) is 0 Å². The van der Waals surface area contributed by atoms with E-state index < -0.39 is 11.9 Å². The van der Waals surface area contributed by atoms with Gasteiger partial charge in [-0.1, -0.05) is 35.5 Å². The van der Waals surface area contributed by atoms with Gasteiger partial charge in [0.15, 0.2) is 0 Å². The van der Waals surface area contributed by atoms with Crippen LogP contribution < -0.4 is 0 Å². The molecule has 0 aliphatic carbocycles. The zero-order valence-electron chi connectivity index (χ0n) is 14.7. The lowest BCUT2D eigenvalue weighted by molar-refractivity contribution is -0.141. The van der Waals surface area contributed by atoms with Crippen LogP contribution in [0.3, 0.4) is 0 Å². The maximum Gasteiger partial charge on any atom is 0.433 e. The Bertz CT molecular complexity index is 969. The number of carbonyl (C=O) groups is 1. The highest BCUT2D eigenvalue weighted by molar-refractivity contribution is 5.94. The van der Waals surface area contributed by atoms with Crippen molar-refractivity contribution in [2.24, 2.45) is 0 Å². The number of nitrogens with zero attached hydrogens (tertiary/aromatic N) is 5. The lowest BCUT2D eigenvalue weighted by atomic mass is 10.2. The van der Waals surface area contributed by atoms with Gasteiger partial charge in [-0.2, -0.15) is 13.2 Å². The van der Waals surface area contributed by atoms with Gasteiger partial charge in [0.1, 0.15) is 11.4 Å².